The van der Waals surface area contributed by atoms with Crippen LogP contribution in [-0.4, -0.2) is 50.6 Å². The lowest BCUT2D eigenvalue weighted by Gasteiger charge is -2.22. The van der Waals surface area contributed by atoms with Gasteiger partial charge in [0, 0.05) is 5.92 Å². The van der Waals surface area contributed by atoms with Gasteiger partial charge in [-0.3, -0.25) is 4.79 Å². The van der Waals surface area contributed by atoms with E-state index < -0.39 is 29.5 Å². The minimum absolute atomic E-state index is 0.0419. The molecular weight excluding hydrogens is 320 g/mol. The summed E-state index contributed by atoms with van der Waals surface area (Å²) in [6.45, 7) is 9.54. The first-order valence-corrected chi connectivity index (χ1v) is 9.16. The average Bonchev–Trinajstić information content (AvgIpc) is 3.32. The van der Waals surface area contributed by atoms with Crippen LogP contribution in [0.3, 0.4) is 0 Å². The van der Waals surface area contributed by atoms with Gasteiger partial charge >= 0.3 is 0 Å². The first-order chi connectivity index (χ1) is 11.5. The number of hydrogen-bond donors (Lipinski definition) is 3. The molecule has 0 spiro atoms. The fourth-order valence-corrected chi connectivity index (χ4v) is 5.54. The molecule has 0 aromatic carbocycles. The molecule has 1 saturated heterocycles. The number of Topliss-reactive ketones (excluding diaryl/α,β-unsaturated/α-hetero) is 1. The van der Waals surface area contributed by atoms with Crippen LogP contribution in [0.4, 0.5) is 0 Å². The zero-order valence-corrected chi connectivity index (χ0v) is 15.5. The molecule has 0 aromatic rings. The summed E-state index contributed by atoms with van der Waals surface area (Å²) in [7, 11) is 0. The van der Waals surface area contributed by atoms with Gasteiger partial charge in [-0.25, -0.2) is 0 Å². The van der Waals surface area contributed by atoms with Crippen molar-refractivity contribution < 1.29 is 24.9 Å². The lowest BCUT2D eigenvalue weighted by Crippen LogP contribution is -2.37. The predicted octanol–water partition coefficient (Wildman–Crippen LogP) is 1.36. The fourth-order valence-electron chi connectivity index (χ4n) is 5.54. The van der Waals surface area contributed by atoms with E-state index in [9.17, 15) is 20.1 Å². The third-order valence-corrected chi connectivity index (χ3v) is 7.27. The van der Waals surface area contributed by atoms with E-state index >= 15 is 0 Å². The molecule has 4 aliphatic rings. The SMILES string of the molecule is CC1=CC2C(C(O)C(O)C(C)=CC34OC3(CC(C)C4O)C1=O)C2(C)C. The molecular formula is C20H28O5. The van der Waals surface area contributed by atoms with Crippen molar-refractivity contribution in [3.8, 4) is 0 Å². The highest BCUT2D eigenvalue weighted by Gasteiger charge is 2.81. The number of aliphatic hydroxyl groups excluding tert-OH is 3. The highest BCUT2D eigenvalue weighted by atomic mass is 16.7. The zero-order chi connectivity index (χ0) is 18.5. The normalized spacial score (nSPS) is 53.7. The number of ether oxygens (including phenoxy) is 1. The van der Waals surface area contributed by atoms with Crippen molar-refractivity contribution in [1.29, 1.82) is 0 Å². The van der Waals surface area contributed by atoms with Gasteiger partial charge in [0.15, 0.2) is 17.0 Å². The Morgan fingerprint density at radius 1 is 1.20 bits per heavy atom. The standard InChI is InChI=1S/C20H28O5/c1-9-6-12-13(18(12,4)5)15(22)14(21)10(2)7-19-17(24)11(3)8-20(19,25-19)16(9)23/h6-7,11-15,17,21-22,24H,8H2,1-5H3. The van der Waals surface area contributed by atoms with Gasteiger partial charge in [-0.05, 0) is 54.7 Å². The van der Waals surface area contributed by atoms with Crippen molar-refractivity contribution >= 4 is 5.78 Å². The first-order valence-electron chi connectivity index (χ1n) is 9.16. The highest BCUT2D eigenvalue weighted by Crippen LogP contribution is 2.66. The molecule has 3 fully saturated rings. The molecule has 2 saturated carbocycles. The summed E-state index contributed by atoms with van der Waals surface area (Å²) in [5.41, 5.74) is -1.09. The zero-order valence-electron chi connectivity index (χ0n) is 15.5. The smallest absolute Gasteiger partial charge is 0.193 e. The van der Waals surface area contributed by atoms with Gasteiger partial charge in [0.25, 0.3) is 0 Å². The number of hydrogen-bond acceptors (Lipinski definition) is 5. The lowest BCUT2D eigenvalue weighted by atomic mass is 9.85. The molecule has 8 unspecified atom stereocenters. The summed E-state index contributed by atoms with van der Waals surface area (Å²) >= 11 is 0. The summed E-state index contributed by atoms with van der Waals surface area (Å²) in [5.74, 6) is -0.195. The Bertz CT molecular complexity index is 707. The second-order valence-corrected chi connectivity index (χ2v) is 9.22. The largest absolute Gasteiger partial charge is 0.390 e. The van der Waals surface area contributed by atoms with Gasteiger partial charge in [-0.2, -0.15) is 0 Å². The Morgan fingerprint density at radius 2 is 1.84 bits per heavy atom. The second-order valence-electron chi connectivity index (χ2n) is 9.22. The molecule has 3 aliphatic carbocycles. The minimum atomic E-state index is -1.08. The van der Waals surface area contributed by atoms with E-state index in [2.05, 4.69) is 13.8 Å². The van der Waals surface area contributed by atoms with E-state index in [1.165, 1.54) is 0 Å². The Labute approximate surface area is 148 Å². The van der Waals surface area contributed by atoms with Gasteiger partial charge in [-0.15, -0.1) is 0 Å². The van der Waals surface area contributed by atoms with E-state index in [0.29, 0.717) is 17.6 Å². The van der Waals surface area contributed by atoms with Crippen molar-refractivity contribution in [1.82, 2.24) is 0 Å². The van der Waals surface area contributed by atoms with Crippen LogP contribution in [0, 0.1) is 23.2 Å². The number of allylic oxidation sites excluding steroid dienone is 1. The number of carbonyl (C=O) groups is 1. The number of fused-ring (bicyclic) bond motifs is 1. The molecule has 25 heavy (non-hydrogen) atoms. The van der Waals surface area contributed by atoms with E-state index in [1.54, 1.807) is 19.9 Å². The first kappa shape index (κ1) is 17.4. The molecule has 0 aromatic heterocycles. The summed E-state index contributed by atoms with van der Waals surface area (Å²) < 4.78 is 5.91. The highest BCUT2D eigenvalue weighted by molar-refractivity contribution is 6.05. The lowest BCUT2D eigenvalue weighted by molar-refractivity contribution is -0.120. The number of rotatable bonds is 0. The van der Waals surface area contributed by atoms with Crippen LogP contribution in [0.15, 0.2) is 23.3 Å². The third kappa shape index (κ3) is 1.95. The summed E-state index contributed by atoms with van der Waals surface area (Å²) in [6.07, 6.45) is 1.36. The Kier molecular flexibility index (Phi) is 3.36. The second kappa shape index (κ2) is 4.83. The van der Waals surface area contributed by atoms with Gasteiger partial charge in [0.05, 0.1) is 12.2 Å². The molecule has 4 rings (SSSR count). The number of aliphatic hydroxyl groups is 3. The maximum atomic E-state index is 13.2. The Balaban J connectivity index is 1.84. The van der Waals surface area contributed by atoms with Crippen molar-refractivity contribution in [2.24, 2.45) is 23.2 Å². The number of epoxide rings is 1. The van der Waals surface area contributed by atoms with Gasteiger partial charge in [0.2, 0.25) is 0 Å². The average molecular weight is 348 g/mol. The van der Waals surface area contributed by atoms with Crippen molar-refractivity contribution in [2.75, 3.05) is 0 Å². The van der Waals surface area contributed by atoms with Crippen LogP contribution in [-0.2, 0) is 9.53 Å². The van der Waals surface area contributed by atoms with Crippen LogP contribution >= 0.6 is 0 Å². The predicted molar refractivity (Wildman–Crippen MR) is 91.6 cm³/mol. The number of carbonyl (C=O) groups excluding carboxylic acids is 1. The maximum Gasteiger partial charge on any atom is 0.193 e. The monoisotopic (exact) mass is 348 g/mol. The van der Waals surface area contributed by atoms with Crippen LogP contribution in [0.2, 0.25) is 0 Å². The minimum Gasteiger partial charge on any atom is -0.390 e. The summed E-state index contributed by atoms with van der Waals surface area (Å²) in [5, 5.41) is 32.0. The van der Waals surface area contributed by atoms with E-state index in [-0.39, 0.29) is 29.0 Å². The molecule has 0 radical (unpaired) electrons. The molecule has 8 atom stereocenters. The van der Waals surface area contributed by atoms with Gasteiger partial charge in [0.1, 0.15) is 6.10 Å². The molecule has 138 valence electrons. The molecule has 0 amide bonds. The Morgan fingerprint density at radius 3 is 2.48 bits per heavy atom. The van der Waals surface area contributed by atoms with Crippen molar-refractivity contribution in [3.63, 3.8) is 0 Å². The Hall–Kier alpha value is -1.01. The molecule has 1 heterocycles. The quantitative estimate of drug-likeness (QED) is 0.454. The molecule has 5 nitrogen and oxygen atoms in total. The van der Waals surface area contributed by atoms with Crippen molar-refractivity contribution in [3.05, 3.63) is 23.3 Å². The molecule has 5 heteroatoms. The third-order valence-electron chi connectivity index (χ3n) is 7.27. The topological polar surface area (TPSA) is 90.3 Å². The van der Waals surface area contributed by atoms with E-state index in [0.717, 1.165) is 0 Å². The fraction of sp³-hybridized carbons (Fsp3) is 0.750. The van der Waals surface area contributed by atoms with Crippen LogP contribution < -0.4 is 0 Å². The van der Waals surface area contributed by atoms with Crippen molar-refractivity contribution in [2.45, 2.75) is 70.6 Å². The molecule has 1 aliphatic heterocycles. The van der Waals surface area contributed by atoms with Crippen LogP contribution in [0.1, 0.15) is 41.0 Å². The van der Waals surface area contributed by atoms with E-state index in [1.807, 2.05) is 13.0 Å². The van der Waals surface area contributed by atoms with Gasteiger partial charge < -0.3 is 20.1 Å². The summed E-state index contributed by atoms with van der Waals surface area (Å²) in [6, 6.07) is 0. The molecule has 3 N–H and O–H groups in total. The van der Waals surface area contributed by atoms with Crippen LogP contribution in [0.5, 0.6) is 0 Å². The molecule has 0 bridgehead atoms. The number of ketones is 1. The van der Waals surface area contributed by atoms with E-state index in [4.69, 9.17) is 4.74 Å². The van der Waals surface area contributed by atoms with Gasteiger partial charge in [-0.1, -0.05) is 26.8 Å². The summed E-state index contributed by atoms with van der Waals surface area (Å²) in [4.78, 5) is 13.2. The maximum absolute atomic E-state index is 13.2. The van der Waals surface area contributed by atoms with Crippen LogP contribution in [0.25, 0.3) is 0 Å².